The van der Waals surface area contributed by atoms with Crippen molar-refractivity contribution in [3.63, 3.8) is 0 Å². The van der Waals surface area contributed by atoms with Crippen LogP contribution in [-0.4, -0.2) is 45.5 Å². The van der Waals surface area contributed by atoms with E-state index in [4.69, 9.17) is 13.9 Å². The fourth-order valence-corrected chi connectivity index (χ4v) is 4.35. The number of hydrogen-bond acceptors (Lipinski definition) is 7. The zero-order valence-electron chi connectivity index (χ0n) is 18.3. The second-order valence-electron chi connectivity index (χ2n) is 7.42. The van der Waals surface area contributed by atoms with Gasteiger partial charge in [-0.05, 0) is 42.0 Å². The molecular formula is C23H23N3O6S. The Morgan fingerprint density at radius 1 is 1.09 bits per heavy atom. The smallest absolute Gasteiger partial charge is 0.310 e. The maximum absolute atomic E-state index is 13.3. The molecule has 2 heterocycles. The summed E-state index contributed by atoms with van der Waals surface area (Å²) in [4.78, 5) is 13.3. The number of rotatable bonds is 7. The van der Waals surface area contributed by atoms with Gasteiger partial charge in [0.2, 0.25) is 10.0 Å². The van der Waals surface area contributed by atoms with Gasteiger partial charge in [-0.25, -0.2) is 13.4 Å². The molecule has 33 heavy (non-hydrogen) atoms. The average Bonchev–Trinajstić information content (AvgIpc) is 3.47. The van der Waals surface area contributed by atoms with Crippen molar-refractivity contribution >= 4 is 27.3 Å². The summed E-state index contributed by atoms with van der Waals surface area (Å²) < 4.78 is 42.2. The lowest BCUT2D eigenvalue weighted by molar-refractivity contribution is 0.0675. The number of carbonyl (C=O) groups excluding carboxylic acids is 1. The number of amides is 1. The molecule has 1 atom stereocenters. The number of hydrogen-bond donors (Lipinski definition) is 1. The molecular weight excluding hydrogens is 446 g/mol. The van der Waals surface area contributed by atoms with E-state index in [1.165, 1.54) is 11.3 Å². The van der Waals surface area contributed by atoms with Crippen molar-refractivity contribution in [1.29, 1.82) is 0 Å². The highest BCUT2D eigenvalue weighted by molar-refractivity contribution is 7.92. The predicted octanol–water partition coefficient (Wildman–Crippen LogP) is 3.66. The van der Waals surface area contributed by atoms with Gasteiger partial charge in [0.05, 0.1) is 44.1 Å². The summed E-state index contributed by atoms with van der Waals surface area (Å²) in [5.41, 5.74) is 2.36. The molecule has 0 fully saturated rings. The molecule has 1 aliphatic rings. The maximum Gasteiger partial charge on any atom is 0.310 e. The van der Waals surface area contributed by atoms with Gasteiger partial charge in [0.15, 0.2) is 5.76 Å². The van der Waals surface area contributed by atoms with Gasteiger partial charge >= 0.3 is 5.91 Å². The van der Waals surface area contributed by atoms with E-state index in [1.54, 1.807) is 62.8 Å². The zero-order chi connectivity index (χ0) is 23.6. The lowest BCUT2D eigenvalue weighted by Crippen LogP contribution is -2.27. The lowest BCUT2D eigenvalue weighted by Gasteiger charge is -2.24. The van der Waals surface area contributed by atoms with Gasteiger partial charge in [0, 0.05) is 12.1 Å². The predicted molar refractivity (Wildman–Crippen MR) is 123 cm³/mol. The first-order chi connectivity index (χ1) is 15.8. The summed E-state index contributed by atoms with van der Waals surface area (Å²) in [7, 11) is -0.344. The number of sulfonamides is 1. The summed E-state index contributed by atoms with van der Waals surface area (Å²) in [6.07, 6.45) is 2.86. The molecule has 10 heteroatoms. The van der Waals surface area contributed by atoms with E-state index in [2.05, 4.69) is 9.82 Å². The summed E-state index contributed by atoms with van der Waals surface area (Å²) in [5, 5.41) is 5.96. The minimum atomic E-state index is -3.44. The molecule has 3 aromatic rings. The number of furan rings is 1. The molecule has 1 amide bonds. The minimum Gasteiger partial charge on any atom is -0.496 e. The Hall–Kier alpha value is -3.79. The molecule has 9 nitrogen and oxygen atoms in total. The third-order valence-corrected chi connectivity index (χ3v) is 5.76. The topological polar surface area (TPSA) is 110 Å². The molecule has 1 aliphatic heterocycles. The Labute approximate surface area is 191 Å². The third kappa shape index (κ3) is 4.70. The molecule has 0 aliphatic carbocycles. The number of nitrogens with zero attached hydrogens (tertiary/aromatic N) is 2. The monoisotopic (exact) mass is 469 g/mol. The summed E-state index contributed by atoms with van der Waals surface area (Å²) in [5.74, 6) is 0.839. The summed E-state index contributed by atoms with van der Waals surface area (Å²) >= 11 is 0. The lowest BCUT2D eigenvalue weighted by atomic mass is 9.96. The molecule has 0 spiro atoms. The van der Waals surface area contributed by atoms with Crippen molar-refractivity contribution in [3.05, 3.63) is 77.7 Å². The number of nitrogens with one attached hydrogen (secondary N) is 1. The van der Waals surface area contributed by atoms with E-state index in [1.807, 2.05) is 6.07 Å². The highest BCUT2D eigenvalue weighted by Crippen LogP contribution is 2.43. The van der Waals surface area contributed by atoms with Gasteiger partial charge in [0.1, 0.15) is 11.5 Å². The van der Waals surface area contributed by atoms with E-state index in [0.717, 1.165) is 6.26 Å². The van der Waals surface area contributed by atoms with E-state index < -0.39 is 22.0 Å². The molecule has 4 rings (SSSR count). The Morgan fingerprint density at radius 3 is 2.39 bits per heavy atom. The Morgan fingerprint density at radius 2 is 1.79 bits per heavy atom. The Kier molecular flexibility index (Phi) is 6.10. The van der Waals surface area contributed by atoms with Crippen LogP contribution in [-0.2, 0) is 10.0 Å². The first-order valence-electron chi connectivity index (χ1n) is 10.0. The van der Waals surface area contributed by atoms with E-state index in [-0.39, 0.29) is 5.76 Å². The third-order valence-electron chi connectivity index (χ3n) is 5.15. The summed E-state index contributed by atoms with van der Waals surface area (Å²) in [6, 6.07) is 14.9. The van der Waals surface area contributed by atoms with Crippen molar-refractivity contribution < 1.29 is 27.1 Å². The first-order valence-corrected chi connectivity index (χ1v) is 11.9. The minimum absolute atomic E-state index is 0.145. The number of ether oxygens (including phenoxy) is 2. The Balaban J connectivity index is 1.79. The number of carbonyl (C=O) groups is 1. The summed E-state index contributed by atoms with van der Waals surface area (Å²) in [6.45, 7) is 0. The maximum atomic E-state index is 13.3. The molecule has 2 aromatic carbocycles. The van der Waals surface area contributed by atoms with Crippen LogP contribution in [0.15, 0.2) is 70.4 Å². The van der Waals surface area contributed by atoms with Crippen LogP contribution in [0, 0.1) is 0 Å². The highest BCUT2D eigenvalue weighted by Gasteiger charge is 2.38. The van der Waals surface area contributed by atoms with Crippen molar-refractivity contribution in [2.75, 3.05) is 25.2 Å². The molecule has 0 unspecified atom stereocenters. The molecule has 1 N–H and O–H groups in total. The van der Waals surface area contributed by atoms with E-state index in [9.17, 15) is 13.2 Å². The number of hydrazone groups is 1. The molecule has 0 saturated carbocycles. The van der Waals surface area contributed by atoms with E-state index >= 15 is 0 Å². The van der Waals surface area contributed by atoms with Crippen LogP contribution in [0.3, 0.4) is 0 Å². The normalized spacial score (nSPS) is 15.8. The van der Waals surface area contributed by atoms with Crippen LogP contribution in [0.5, 0.6) is 11.5 Å². The van der Waals surface area contributed by atoms with Crippen molar-refractivity contribution in [2.45, 2.75) is 12.5 Å². The van der Waals surface area contributed by atoms with Gasteiger partial charge in [-0.1, -0.05) is 18.2 Å². The van der Waals surface area contributed by atoms with Crippen LogP contribution < -0.4 is 14.2 Å². The molecule has 172 valence electrons. The van der Waals surface area contributed by atoms with Crippen LogP contribution in [0.1, 0.15) is 34.1 Å². The van der Waals surface area contributed by atoms with Crippen LogP contribution in [0.2, 0.25) is 0 Å². The first kappa shape index (κ1) is 22.4. The largest absolute Gasteiger partial charge is 0.496 e. The van der Waals surface area contributed by atoms with Crippen molar-refractivity contribution in [2.24, 2.45) is 5.10 Å². The molecule has 0 saturated heterocycles. The van der Waals surface area contributed by atoms with Crippen molar-refractivity contribution in [1.82, 2.24) is 5.01 Å². The van der Waals surface area contributed by atoms with E-state index in [0.29, 0.717) is 40.4 Å². The molecule has 1 aromatic heterocycles. The number of methoxy groups -OCH3 is 2. The number of benzene rings is 2. The average molecular weight is 470 g/mol. The fraction of sp³-hybridized carbons (Fsp3) is 0.217. The van der Waals surface area contributed by atoms with Gasteiger partial charge in [-0.15, -0.1) is 0 Å². The molecule has 0 radical (unpaired) electrons. The van der Waals surface area contributed by atoms with Crippen LogP contribution in [0.25, 0.3) is 0 Å². The SMILES string of the molecule is COc1cccc(OC)c1[C@@H]1CC(c2cccc(NS(C)(=O)=O)c2)=NN1C(=O)c1ccco1. The van der Waals surface area contributed by atoms with Crippen LogP contribution >= 0.6 is 0 Å². The van der Waals surface area contributed by atoms with Crippen LogP contribution in [0.4, 0.5) is 5.69 Å². The van der Waals surface area contributed by atoms with Crippen molar-refractivity contribution in [3.8, 4) is 11.5 Å². The zero-order valence-corrected chi connectivity index (χ0v) is 19.1. The second-order valence-corrected chi connectivity index (χ2v) is 9.17. The van der Waals surface area contributed by atoms with Gasteiger partial charge in [0.25, 0.3) is 0 Å². The van der Waals surface area contributed by atoms with Gasteiger partial charge < -0.3 is 13.9 Å². The standard InChI is InChI=1S/C23H23N3O6S/c1-30-19-9-5-10-20(31-2)22(19)18-14-17(24-26(18)23(27)21-11-6-12-32-21)15-7-4-8-16(13-15)25-33(3,28)29/h4-13,18,25H,14H2,1-3H3/t18-/m0/s1. The van der Waals surface area contributed by atoms with Gasteiger partial charge in [-0.3, -0.25) is 9.52 Å². The van der Waals surface area contributed by atoms with Gasteiger partial charge in [-0.2, -0.15) is 5.10 Å². The second kappa shape index (κ2) is 8.99. The Bertz CT molecular complexity index is 1280. The quantitative estimate of drug-likeness (QED) is 0.565. The highest BCUT2D eigenvalue weighted by atomic mass is 32.2. The number of anilines is 1. The molecule has 0 bridgehead atoms. The fourth-order valence-electron chi connectivity index (χ4n) is 3.79.